The van der Waals surface area contributed by atoms with Crippen LogP contribution in [-0.4, -0.2) is 4.98 Å². The van der Waals surface area contributed by atoms with Crippen LogP contribution < -0.4 is 5.73 Å². The molecule has 0 unspecified atom stereocenters. The first kappa shape index (κ1) is 12.2. The molecule has 3 aromatic rings. The van der Waals surface area contributed by atoms with Gasteiger partial charge in [-0.15, -0.1) is 0 Å². The number of fused-ring (bicyclic) bond motifs is 1. The molecular weight excluding hydrogens is 263 g/mol. The molecule has 2 nitrogen and oxygen atoms in total. The Morgan fingerprint density at radius 2 is 1.84 bits per heavy atom. The maximum Gasteiger partial charge on any atom is 0.123 e. The van der Waals surface area contributed by atoms with Gasteiger partial charge in [0.05, 0.1) is 5.69 Å². The molecule has 0 aliphatic heterocycles. The smallest absolute Gasteiger partial charge is 0.123 e. The van der Waals surface area contributed by atoms with Crippen LogP contribution in [0.4, 0.5) is 4.39 Å². The second-order valence-corrected chi connectivity index (χ2v) is 4.82. The summed E-state index contributed by atoms with van der Waals surface area (Å²) in [5.74, 6) is -0.260. The van der Waals surface area contributed by atoms with Gasteiger partial charge < -0.3 is 10.7 Å². The van der Waals surface area contributed by atoms with Gasteiger partial charge in [0.25, 0.3) is 0 Å². The number of hydrogen-bond donors (Lipinski definition) is 2. The van der Waals surface area contributed by atoms with Crippen molar-refractivity contribution in [1.29, 1.82) is 0 Å². The molecule has 0 atom stereocenters. The van der Waals surface area contributed by atoms with Crippen LogP contribution in [0.2, 0.25) is 5.02 Å². The Balaban J connectivity index is 2.25. The number of aromatic amines is 1. The minimum absolute atomic E-state index is 0.260. The highest BCUT2D eigenvalue weighted by atomic mass is 35.5. The number of nitrogens with one attached hydrogen (secondary N) is 1. The van der Waals surface area contributed by atoms with E-state index in [1.54, 1.807) is 6.07 Å². The summed E-state index contributed by atoms with van der Waals surface area (Å²) >= 11 is 5.89. The highest BCUT2D eigenvalue weighted by Crippen LogP contribution is 2.31. The number of halogens is 2. The Kier molecular flexibility index (Phi) is 3.01. The number of hydrogen-bond acceptors (Lipinski definition) is 1. The molecule has 19 heavy (non-hydrogen) atoms. The summed E-state index contributed by atoms with van der Waals surface area (Å²) in [5, 5.41) is 1.51. The fourth-order valence-electron chi connectivity index (χ4n) is 2.29. The van der Waals surface area contributed by atoms with Gasteiger partial charge in [0.1, 0.15) is 5.82 Å². The molecule has 0 fully saturated rings. The molecule has 0 spiro atoms. The van der Waals surface area contributed by atoms with Crippen LogP contribution in [0.25, 0.3) is 22.2 Å². The number of nitrogens with two attached hydrogens (primary N) is 1. The molecule has 0 aliphatic carbocycles. The first-order valence-corrected chi connectivity index (χ1v) is 6.33. The van der Waals surface area contributed by atoms with Crippen molar-refractivity contribution in [2.75, 3.05) is 0 Å². The van der Waals surface area contributed by atoms with Crippen molar-refractivity contribution >= 4 is 22.5 Å². The zero-order valence-electron chi connectivity index (χ0n) is 10.1. The van der Waals surface area contributed by atoms with E-state index >= 15 is 0 Å². The minimum atomic E-state index is -0.260. The lowest BCUT2D eigenvalue weighted by Gasteiger charge is -2.02. The van der Waals surface area contributed by atoms with Gasteiger partial charge in [0.2, 0.25) is 0 Å². The standard InChI is InChI=1S/C15H12ClFN2/c16-10-3-1-9(2-4-10)15-13(8-18)12-7-11(17)5-6-14(12)19-15/h1-7,19H,8,18H2. The summed E-state index contributed by atoms with van der Waals surface area (Å²) in [4.78, 5) is 3.29. The third-order valence-electron chi connectivity index (χ3n) is 3.21. The molecular formula is C15H12ClFN2. The third-order valence-corrected chi connectivity index (χ3v) is 3.46. The average Bonchev–Trinajstić information content (AvgIpc) is 2.77. The van der Waals surface area contributed by atoms with Crippen LogP contribution in [0, 0.1) is 5.82 Å². The van der Waals surface area contributed by atoms with Crippen LogP contribution in [0.5, 0.6) is 0 Å². The van der Waals surface area contributed by atoms with Crippen LogP contribution in [0.15, 0.2) is 42.5 Å². The second-order valence-electron chi connectivity index (χ2n) is 4.38. The molecule has 96 valence electrons. The fourth-order valence-corrected chi connectivity index (χ4v) is 2.42. The SMILES string of the molecule is NCc1c(-c2ccc(Cl)cc2)[nH]c2ccc(F)cc12. The zero-order valence-corrected chi connectivity index (χ0v) is 10.8. The van der Waals surface area contributed by atoms with Gasteiger partial charge in [-0.05, 0) is 41.5 Å². The lowest BCUT2D eigenvalue weighted by atomic mass is 10.1. The number of benzene rings is 2. The van der Waals surface area contributed by atoms with E-state index in [0.717, 1.165) is 27.7 Å². The molecule has 2 aromatic carbocycles. The topological polar surface area (TPSA) is 41.8 Å². The lowest BCUT2D eigenvalue weighted by molar-refractivity contribution is 0.629. The van der Waals surface area contributed by atoms with Gasteiger partial charge in [-0.3, -0.25) is 0 Å². The summed E-state index contributed by atoms with van der Waals surface area (Å²) in [7, 11) is 0. The van der Waals surface area contributed by atoms with Gasteiger partial charge in [0, 0.05) is 22.5 Å². The lowest BCUT2D eigenvalue weighted by Crippen LogP contribution is -1.97. The molecule has 0 bridgehead atoms. The van der Waals surface area contributed by atoms with Crippen molar-refractivity contribution in [3.05, 3.63) is 58.9 Å². The molecule has 0 radical (unpaired) electrons. The predicted molar refractivity (Wildman–Crippen MR) is 76.6 cm³/mol. The second kappa shape index (κ2) is 4.68. The van der Waals surface area contributed by atoms with Crippen molar-refractivity contribution in [3.63, 3.8) is 0 Å². The Labute approximate surface area is 115 Å². The predicted octanol–water partition coefficient (Wildman–Crippen LogP) is 4.09. The maximum atomic E-state index is 13.3. The summed E-state index contributed by atoms with van der Waals surface area (Å²) in [5.41, 5.74) is 9.51. The molecule has 3 N–H and O–H groups in total. The number of aromatic nitrogens is 1. The molecule has 0 saturated carbocycles. The van der Waals surface area contributed by atoms with Crippen molar-refractivity contribution in [2.24, 2.45) is 5.73 Å². The molecule has 1 heterocycles. The van der Waals surface area contributed by atoms with Gasteiger partial charge >= 0.3 is 0 Å². The van der Waals surface area contributed by atoms with Gasteiger partial charge in [-0.2, -0.15) is 0 Å². The Morgan fingerprint density at radius 1 is 1.11 bits per heavy atom. The van der Waals surface area contributed by atoms with E-state index in [-0.39, 0.29) is 5.82 Å². The van der Waals surface area contributed by atoms with Crippen LogP contribution >= 0.6 is 11.6 Å². The highest BCUT2D eigenvalue weighted by molar-refractivity contribution is 6.30. The summed E-state index contributed by atoms with van der Waals surface area (Å²) in [6.45, 7) is 0.349. The molecule has 3 rings (SSSR count). The largest absolute Gasteiger partial charge is 0.354 e. The van der Waals surface area contributed by atoms with Crippen LogP contribution in [-0.2, 0) is 6.54 Å². The van der Waals surface area contributed by atoms with Gasteiger partial charge in [-0.25, -0.2) is 4.39 Å². The van der Waals surface area contributed by atoms with Crippen molar-refractivity contribution in [1.82, 2.24) is 4.98 Å². The Morgan fingerprint density at radius 3 is 2.53 bits per heavy atom. The number of H-pyrrole nitrogens is 1. The van der Waals surface area contributed by atoms with Crippen LogP contribution in [0.3, 0.4) is 0 Å². The van der Waals surface area contributed by atoms with E-state index in [9.17, 15) is 4.39 Å². The zero-order chi connectivity index (χ0) is 13.4. The normalized spacial score (nSPS) is 11.1. The number of rotatable bonds is 2. The van der Waals surface area contributed by atoms with E-state index < -0.39 is 0 Å². The van der Waals surface area contributed by atoms with Gasteiger partial charge in [0.15, 0.2) is 0 Å². The Hall–Kier alpha value is -1.84. The molecule has 4 heteroatoms. The van der Waals surface area contributed by atoms with E-state index in [1.807, 2.05) is 24.3 Å². The molecule has 0 aliphatic rings. The molecule has 0 amide bonds. The van der Waals surface area contributed by atoms with E-state index in [0.29, 0.717) is 11.6 Å². The first-order valence-electron chi connectivity index (χ1n) is 5.95. The highest BCUT2D eigenvalue weighted by Gasteiger charge is 2.12. The third kappa shape index (κ3) is 2.11. The van der Waals surface area contributed by atoms with Crippen LogP contribution in [0.1, 0.15) is 5.56 Å². The average molecular weight is 275 g/mol. The first-order chi connectivity index (χ1) is 9.19. The monoisotopic (exact) mass is 274 g/mol. The summed E-state index contributed by atoms with van der Waals surface area (Å²) in [6, 6.07) is 12.2. The van der Waals surface area contributed by atoms with Crippen molar-refractivity contribution < 1.29 is 4.39 Å². The quantitative estimate of drug-likeness (QED) is 0.726. The van der Waals surface area contributed by atoms with Gasteiger partial charge in [-0.1, -0.05) is 23.7 Å². The van der Waals surface area contributed by atoms with E-state index in [2.05, 4.69) is 4.98 Å². The molecule has 1 aromatic heterocycles. The van der Waals surface area contributed by atoms with E-state index in [1.165, 1.54) is 12.1 Å². The van der Waals surface area contributed by atoms with Crippen molar-refractivity contribution in [2.45, 2.75) is 6.54 Å². The minimum Gasteiger partial charge on any atom is -0.354 e. The summed E-state index contributed by atoms with van der Waals surface area (Å²) in [6.07, 6.45) is 0. The Bertz CT molecular complexity index is 732. The molecule has 0 saturated heterocycles. The van der Waals surface area contributed by atoms with Crippen molar-refractivity contribution in [3.8, 4) is 11.3 Å². The summed E-state index contributed by atoms with van der Waals surface area (Å²) < 4.78 is 13.3. The van der Waals surface area contributed by atoms with E-state index in [4.69, 9.17) is 17.3 Å². The fraction of sp³-hybridized carbons (Fsp3) is 0.0667. The maximum absolute atomic E-state index is 13.3.